The Hall–Kier alpha value is -2.98. The highest BCUT2D eigenvalue weighted by molar-refractivity contribution is 7.90. The summed E-state index contributed by atoms with van der Waals surface area (Å²) in [4.78, 5) is 14.5. The molecule has 0 aliphatic carbocycles. The van der Waals surface area contributed by atoms with Crippen LogP contribution in [0.3, 0.4) is 0 Å². The molecule has 10 heteroatoms. The van der Waals surface area contributed by atoms with Crippen LogP contribution in [0.1, 0.15) is 6.92 Å². The first-order chi connectivity index (χ1) is 13.9. The Balaban J connectivity index is 0.000000755. The van der Waals surface area contributed by atoms with E-state index in [1.54, 1.807) is 24.5 Å². The molecule has 0 saturated carbocycles. The van der Waals surface area contributed by atoms with Gasteiger partial charge in [0, 0.05) is 38.1 Å². The smallest absolute Gasteiger partial charge is 0.290 e. The average Bonchev–Trinajstić information content (AvgIpc) is 3.09. The lowest BCUT2D eigenvalue weighted by atomic mass is 10.2. The lowest BCUT2D eigenvalue weighted by molar-refractivity contribution is -0.122. The van der Waals surface area contributed by atoms with E-state index in [0.29, 0.717) is 11.0 Å². The number of nitrogens with one attached hydrogen (secondary N) is 1. The van der Waals surface area contributed by atoms with Gasteiger partial charge in [0.1, 0.15) is 16.2 Å². The van der Waals surface area contributed by atoms with E-state index in [-0.39, 0.29) is 17.4 Å². The molecule has 1 aliphatic rings. The normalized spacial score (nSPS) is 16.9. The van der Waals surface area contributed by atoms with E-state index in [1.165, 1.54) is 18.2 Å². The van der Waals surface area contributed by atoms with Crippen LogP contribution in [-0.4, -0.2) is 54.6 Å². The molecule has 1 aromatic carbocycles. The monoisotopic (exact) mass is 420 g/mol. The zero-order chi connectivity index (χ0) is 21.0. The van der Waals surface area contributed by atoms with Crippen LogP contribution >= 0.6 is 0 Å². The van der Waals surface area contributed by atoms with Crippen LogP contribution in [-0.2, 0) is 14.8 Å². The maximum atomic E-state index is 14.2. The number of hydrogen-bond donors (Lipinski definition) is 2. The van der Waals surface area contributed by atoms with Crippen molar-refractivity contribution in [2.75, 3.05) is 24.5 Å². The minimum absolute atomic E-state index is 0.250. The Labute approximate surface area is 167 Å². The first-order valence-electron chi connectivity index (χ1n) is 8.92. The summed E-state index contributed by atoms with van der Waals surface area (Å²) in [7, 11) is -4.07. The summed E-state index contributed by atoms with van der Waals surface area (Å²) >= 11 is 0. The van der Waals surface area contributed by atoms with Crippen molar-refractivity contribution in [3.63, 3.8) is 0 Å². The number of aromatic nitrogens is 2. The van der Waals surface area contributed by atoms with Crippen molar-refractivity contribution in [3.05, 3.63) is 54.6 Å². The largest absolute Gasteiger partial charge is 0.483 e. The molecule has 2 N–H and O–H groups in total. The first-order valence-corrected chi connectivity index (χ1v) is 10.4. The number of fused-ring (bicyclic) bond motifs is 1. The molecule has 3 aromatic rings. The second-order valence-electron chi connectivity index (χ2n) is 6.52. The molecule has 154 valence electrons. The van der Waals surface area contributed by atoms with E-state index in [1.807, 2.05) is 0 Å². The number of piperazine rings is 1. The van der Waals surface area contributed by atoms with Gasteiger partial charge in [-0.1, -0.05) is 12.1 Å². The topological polar surface area (TPSA) is 105 Å². The second kappa shape index (κ2) is 8.58. The van der Waals surface area contributed by atoms with E-state index >= 15 is 0 Å². The first kappa shape index (κ1) is 20.7. The van der Waals surface area contributed by atoms with Crippen molar-refractivity contribution in [2.45, 2.75) is 17.9 Å². The van der Waals surface area contributed by atoms with Crippen LogP contribution in [0.25, 0.3) is 11.0 Å². The molecule has 1 saturated heterocycles. The molecule has 29 heavy (non-hydrogen) atoms. The summed E-state index contributed by atoms with van der Waals surface area (Å²) in [5.74, 6) is -0.768. The molecular formula is C19H21FN4O4S. The number of pyridine rings is 1. The van der Waals surface area contributed by atoms with Crippen molar-refractivity contribution in [2.24, 2.45) is 0 Å². The Morgan fingerprint density at radius 2 is 2.00 bits per heavy atom. The van der Waals surface area contributed by atoms with Gasteiger partial charge in [0.2, 0.25) is 0 Å². The summed E-state index contributed by atoms with van der Waals surface area (Å²) in [5.41, 5.74) is 1.78. The van der Waals surface area contributed by atoms with Gasteiger partial charge in [0.05, 0.1) is 11.2 Å². The minimum atomic E-state index is -4.07. The fourth-order valence-corrected chi connectivity index (χ4v) is 4.78. The fraction of sp³-hybridized carbons (Fsp3) is 0.263. The van der Waals surface area contributed by atoms with Crippen molar-refractivity contribution in [1.82, 2.24) is 14.3 Å². The highest BCUT2D eigenvalue weighted by Gasteiger charge is 2.27. The van der Waals surface area contributed by atoms with Crippen LogP contribution in [0.2, 0.25) is 0 Å². The molecule has 0 spiro atoms. The van der Waals surface area contributed by atoms with E-state index < -0.39 is 15.8 Å². The zero-order valence-electron chi connectivity index (χ0n) is 15.7. The molecule has 0 radical (unpaired) electrons. The zero-order valence-corrected chi connectivity index (χ0v) is 16.5. The van der Waals surface area contributed by atoms with Crippen LogP contribution in [0, 0.1) is 5.82 Å². The highest BCUT2D eigenvalue weighted by atomic mass is 32.2. The molecule has 0 amide bonds. The molecule has 1 fully saturated rings. The number of carbonyl (C=O) groups is 1. The molecule has 0 bridgehead atoms. The SMILES string of the molecule is C[C@H]1CN(c2cn(S(=O)(=O)c3ccccc3F)c3cccnc23)CCN1.O=CO. The van der Waals surface area contributed by atoms with Gasteiger partial charge in [-0.15, -0.1) is 0 Å². The van der Waals surface area contributed by atoms with Gasteiger partial charge in [-0.2, -0.15) is 0 Å². The molecular weight excluding hydrogens is 399 g/mol. The maximum Gasteiger partial charge on any atom is 0.290 e. The highest BCUT2D eigenvalue weighted by Crippen LogP contribution is 2.31. The lowest BCUT2D eigenvalue weighted by Gasteiger charge is -2.32. The molecule has 0 unspecified atom stereocenters. The quantitative estimate of drug-likeness (QED) is 0.624. The molecule has 1 atom stereocenters. The third-order valence-corrected chi connectivity index (χ3v) is 6.30. The third-order valence-electron chi connectivity index (χ3n) is 4.59. The number of halogens is 1. The summed E-state index contributed by atoms with van der Waals surface area (Å²) in [5, 5.41) is 10.3. The number of carboxylic acid groups (broad SMARTS) is 1. The van der Waals surface area contributed by atoms with Gasteiger partial charge in [-0.25, -0.2) is 16.8 Å². The number of anilines is 1. The van der Waals surface area contributed by atoms with Gasteiger partial charge < -0.3 is 15.3 Å². The predicted molar refractivity (Wildman–Crippen MR) is 107 cm³/mol. The maximum absolute atomic E-state index is 14.2. The van der Waals surface area contributed by atoms with Gasteiger partial charge in [-0.3, -0.25) is 9.78 Å². The standard InChI is InChI=1S/C18H19FN4O2S.CH2O2/c1-13-11-22(10-9-20-13)16-12-23(15-6-4-8-21-18(15)16)26(24,25)17-7-3-2-5-14(17)19;2-1-3/h2-8,12-13,20H,9-11H2,1H3;1H,(H,2,3)/t13-;/m0./s1. The average molecular weight is 420 g/mol. The minimum Gasteiger partial charge on any atom is -0.483 e. The second-order valence-corrected chi connectivity index (χ2v) is 8.31. The van der Waals surface area contributed by atoms with Gasteiger partial charge in [0.25, 0.3) is 16.5 Å². The van der Waals surface area contributed by atoms with Crippen LogP contribution in [0.5, 0.6) is 0 Å². The molecule has 4 rings (SSSR count). The Bertz CT molecular complexity index is 1120. The number of hydrogen-bond acceptors (Lipinski definition) is 6. The Morgan fingerprint density at radius 3 is 2.69 bits per heavy atom. The van der Waals surface area contributed by atoms with E-state index in [4.69, 9.17) is 9.90 Å². The van der Waals surface area contributed by atoms with Crippen molar-refractivity contribution < 1.29 is 22.7 Å². The lowest BCUT2D eigenvalue weighted by Crippen LogP contribution is -2.49. The van der Waals surface area contributed by atoms with Gasteiger partial charge in [0.15, 0.2) is 0 Å². The summed E-state index contributed by atoms with van der Waals surface area (Å²) in [6, 6.07) is 9.06. The van der Waals surface area contributed by atoms with Crippen LogP contribution in [0.15, 0.2) is 53.7 Å². The molecule has 1 aliphatic heterocycles. The Morgan fingerprint density at radius 1 is 1.28 bits per heavy atom. The van der Waals surface area contributed by atoms with Crippen molar-refractivity contribution in [3.8, 4) is 0 Å². The summed E-state index contributed by atoms with van der Waals surface area (Å²) in [6.07, 6.45) is 3.19. The van der Waals surface area contributed by atoms with E-state index in [0.717, 1.165) is 35.4 Å². The molecule has 3 heterocycles. The molecule has 8 nitrogen and oxygen atoms in total. The fourth-order valence-electron chi connectivity index (χ4n) is 3.36. The number of benzene rings is 1. The van der Waals surface area contributed by atoms with E-state index in [2.05, 4.69) is 22.1 Å². The Kier molecular flexibility index (Phi) is 6.14. The van der Waals surface area contributed by atoms with Crippen molar-refractivity contribution >= 4 is 33.2 Å². The molecule has 2 aromatic heterocycles. The number of rotatable bonds is 3. The predicted octanol–water partition coefficient (Wildman–Crippen LogP) is 1.91. The van der Waals surface area contributed by atoms with Gasteiger partial charge >= 0.3 is 0 Å². The van der Waals surface area contributed by atoms with Crippen molar-refractivity contribution in [1.29, 1.82) is 0 Å². The van der Waals surface area contributed by atoms with Crippen LogP contribution in [0.4, 0.5) is 10.1 Å². The summed E-state index contributed by atoms with van der Waals surface area (Å²) < 4.78 is 41.5. The third kappa shape index (κ3) is 4.08. The summed E-state index contributed by atoms with van der Waals surface area (Å²) in [6.45, 7) is 4.13. The number of nitrogens with zero attached hydrogens (tertiary/aromatic N) is 3. The van der Waals surface area contributed by atoms with E-state index in [9.17, 15) is 12.8 Å². The van der Waals surface area contributed by atoms with Crippen LogP contribution < -0.4 is 10.2 Å². The van der Waals surface area contributed by atoms with Gasteiger partial charge in [-0.05, 0) is 31.2 Å².